The number of ether oxygens (including phenoxy) is 2. The molecule has 0 unspecified atom stereocenters. The van der Waals surface area contributed by atoms with E-state index in [2.05, 4.69) is 15.8 Å². The van der Waals surface area contributed by atoms with Crippen LogP contribution in [0.2, 0.25) is 0 Å². The van der Waals surface area contributed by atoms with E-state index in [4.69, 9.17) is 9.47 Å². The number of para-hydroxylation sites is 1. The lowest BCUT2D eigenvalue weighted by Gasteiger charge is -2.19. The summed E-state index contributed by atoms with van der Waals surface area (Å²) in [6.45, 7) is 8.19. The van der Waals surface area contributed by atoms with Crippen LogP contribution in [0.25, 0.3) is 0 Å². The molecule has 1 atom stereocenters. The zero-order chi connectivity index (χ0) is 22.6. The van der Waals surface area contributed by atoms with Crippen LogP contribution in [0, 0.1) is 12.8 Å². The Hall–Kier alpha value is -3.35. The molecule has 7 nitrogen and oxygen atoms in total. The molecule has 31 heavy (non-hydrogen) atoms. The van der Waals surface area contributed by atoms with Gasteiger partial charge in [-0.25, -0.2) is 5.43 Å². The minimum Gasteiger partial charge on any atom is -0.494 e. The number of hydrogen-bond acceptors (Lipinski definition) is 5. The highest BCUT2D eigenvalue weighted by Crippen LogP contribution is 2.16. The highest BCUT2D eigenvalue weighted by atomic mass is 16.5. The minimum absolute atomic E-state index is 0.166. The summed E-state index contributed by atoms with van der Waals surface area (Å²) in [6, 6.07) is 14.1. The van der Waals surface area contributed by atoms with E-state index in [0.717, 1.165) is 16.9 Å². The molecule has 2 aromatic rings. The predicted octanol–water partition coefficient (Wildman–Crippen LogP) is 3.45. The average Bonchev–Trinajstić information content (AvgIpc) is 2.73. The SMILES string of the molecule is CCOc1cccc(/C=N\NC(=O)[C@@H](CC(C)C)NC(=O)COc2ccccc2C)c1. The van der Waals surface area contributed by atoms with Gasteiger partial charge < -0.3 is 14.8 Å². The molecule has 0 aromatic heterocycles. The summed E-state index contributed by atoms with van der Waals surface area (Å²) in [5.41, 5.74) is 4.24. The lowest BCUT2D eigenvalue weighted by atomic mass is 10.0. The number of hydrogen-bond donors (Lipinski definition) is 2. The number of rotatable bonds is 11. The van der Waals surface area contributed by atoms with E-state index in [0.29, 0.717) is 18.8 Å². The van der Waals surface area contributed by atoms with Crippen molar-refractivity contribution in [3.8, 4) is 11.5 Å². The van der Waals surface area contributed by atoms with Gasteiger partial charge >= 0.3 is 0 Å². The fourth-order valence-corrected chi connectivity index (χ4v) is 2.90. The van der Waals surface area contributed by atoms with Crippen LogP contribution in [0.1, 0.15) is 38.3 Å². The van der Waals surface area contributed by atoms with Crippen molar-refractivity contribution in [2.45, 2.75) is 40.2 Å². The molecule has 7 heteroatoms. The first-order valence-electron chi connectivity index (χ1n) is 10.4. The number of carbonyl (C=O) groups excluding carboxylic acids is 2. The Morgan fingerprint density at radius 2 is 1.87 bits per heavy atom. The maximum atomic E-state index is 12.6. The summed E-state index contributed by atoms with van der Waals surface area (Å²) in [7, 11) is 0. The third-order valence-corrected chi connectivity index (χ3v) is 4.37. The number of aryl methyl sites for hydroxylation is 1. The molecular weight excluding hydrogens is 394 g/mol. The first-order valence-corrected chi connectivity index (χ1v) is 10.4. The maximum Gasteiger partial charge on any atom is 0.262 e. The number of hydrazone groups is 1. The van der Waals surface area contributed by atoms with Gasteiger partial charge in [-0.05, 0) is 55.5 Å². The lowest BCUT2D eigenvalue weighted by molar-refractivity contribution is -0.130. The second-order valence-electron chi connectivity index (χ2n) is 7.54. The molecule has 2 rings (SSSR count). The molecule has 166 valence electrons. The second kappa shape index (κ2) is 12.4. The molecule has 0 saturated carbocycles. The minimum atomic E-state index is -0.708. The molecule has 0 bridgehead atoms. The van der Waals surface area contributed by atoms with Gasteiger partial charge in [0, 0.05) is 0 Å². The Labute approximate surface area is 183 Å². The number of nitrogens with one attached hydrogen (secondary N) is 2. The number of benzene rings is 2. The van der Waals surface area contributed by atoms with E-state index in [1.165, 1.54) is 6.21 Å². The lowest BCUT2D eigenvalue weighted by Crippen LogP contribution is -2.47. The first kappa shape index (κ1) is 23.9. The Kier molecular flexibility index (Phi) is 9.55. The summed E-state index contributed by atoms with van der Waals surface area (Å²) in [5.74, 6) is 0.838. The fraction of sp³-hybridized carbons (Fsp3) is 0.375. The van der Waals surface area contributed by atoms with Crippen molar-refractivity contribution in [1.82, 2.24) is 10.7 Å². The third-order valence-electron chi connectivity index (χ3n) is 4.37. The molecule has 0 saturated heterocycles. The molecule has 0 heterocycles. The molecule has 0 aliphatic heterocycles. The largest absolute Gasteiger partial charge is 0.494 e. The number of nitrogens with zero attached hydrogens (tertiary/aromatic N) is 1. The van der Waals surface area contributed by atoms with E-state index in [9.17, 15) is 9.59 Å². The molecule has 0 aliphatic rings. The first-order chi connectivity index (χ1) is 14.9. The van der Waals surface area contributed by atoms with Gasteiger partial charge in [0.15, 0.2) is 6.61 Å². The summed E-state index contributed by atoms with van der Waals surface area (Å²) in [4.78, 5) is 24.9. The van der Waals surface area contributed by atoms with Gasteiger partial charge in [0.25, 0.3) is 11.8 Å². The zero-order valence-corrected chi connectivity index (χ0v) is 18.6. The Balaban J connectivity index is 1.92. The molecule has 0 aliphatic carbocycles. The molecule has 2 amide bonds. The van der Waals surface area contributed by atoms with Crippen LogP contribution in [0.3, 0.4) is 0 Å². The van der Waals surface area contributed by atoms with Gasteiger partial charge in [0.1, 0.15) is 17.5 Å². The van der Waals surface area contributed by atoms with Crippen LogP contribution in [-0.2, 0) is 9.59 Å². The van der Waals surface area contributed by atoms with Crippen molar-refractivity contribution in [2.24, 2.45) is 11.0 Å². The second-order valence-corrected chi connectivity index (χ2v) is 7.54. The smallest absolute Gasteiger partial charge is 0.262 e. The Morgan fingerprint density at radius 1 is 1.10 bits per heavy atom. The molecule has 0 fully saturated rings. The van der Waals surface area contributed by atoms with Gasteiger partial charge in [-0.15, -0.1) is 0 Å². The van der Waals surface area contributed by atoms with Crippen molar-refractivity contribution in [2.75, 3.05) is 13.2 Å². The van der Waals surface area contributed by atoms with Gasteiger partial charge in [-0.1, -0.05) is 44.2 Å². The van der Waals surface area contributed by atoms with E-state index >= 15 is 0 Å². The van der Waals surface area contributed by atoms with Crippen LogP contribution < -0.4 is 20.2 Å². The van der Waals surface area contributed by atoms with Crippen LogP contribution in [0.5, 0.6) is 11.5 Å². The summed E-state index contributed by atoms with van der Waals surface area (Å²) in [6.07, 6.45) is 2.02. The van der Waals surface area contributed by atoms with Crippen LogP contribution >= 0.6 is 0 Å². The Bertz CT molecular complexity index is 896. The van der Waals surface area contributed by atoms with Crippen LogP contribution in [0.4, 0.5) is 0 Å². The summed E-state index contributed by atoms with van der Waals surface area (Å²) < 4.78 is 11.0. The summed E-state index contributed by atoms with van der Waals surface area (Å²) in [5, 5.41) is 6.76. The molecular formula is C24H31N3O4. The van der Waals surface area contributed by atoms with Crippen molar-refractivity contribution >= 4 is 18.0 Å². The average molecular weight is 426 g/mol. The van der Waals surface area contributed by atoms with Gasteiger partial charge in [0.2, 0.25) is 0 Å². The number of amides is 2. The van der Waals surface area contributed by atoms with E-state index < -0.39 is 6.04 Å². The highest BCUT2D eigenvalue weighted by Gasteiger charge is 2.22. The normalized spacial score (nSPS) is 11.9. The van der Waals surface area contributed by atoms with Crippen molar-refractivity contribution in [1.29, 1.82) is 0 Å². The van der Waals surface area contributed by atoms with Crippen molar-refractivity contribution < 1.29 is 19.1 Å². The monoisotopic (exact) mass is 425 g/mol. The third kappa shape index (κ3) is 8.50. The molecule has 2 N–H and O–H groups in total. The predicted molar refractivity (Wildman–Crippen MR) is 121 cm³/mol. The topological polar surface area (TPSA) is 89.0 Å². The van der Waals surface area contributed by atoms with E-state index in [1.54, 1.807) is 6.07 Å². The standard InChI is InChI=1S/C24H31N3O4/c1-5-30-20-11-8-10-19(14-20)15-25-27-24(29)21(13-17(2)3)26-23(28)16-31-22-12-7-6-9-18(22)4/h6-12,14-15,17,21H,5,13,16H2,1-4H3,(H,26,28)(H,27,29)/b25-15-/t21-/m1/s1. The number of carbonyl (C=O) groups is 2. The highest BCUT2D eigenvalue weighted by molar-refractivity contribution is 5.89. The molecule has 2 aromatic carbocycles. The van der Waals surface area contributed by atoms with Gasteiger partial charge in [-0.2, -0.15) is 5.10 Å². The van der Waals surface area contributed by atoms with Crippen molar-refractivity contribution in [3.63, 3.8) is 0 Å². The fourth-order valence-electron chi connectivity index (χ4n) is 2.90. The van der Waals surface area contributed by atoms with Crippen molar-refractivity contribution in [3.05, 3.63) is 59.7 Å². The maximum absolute atomic E-state index is 12.6. The van der Waals surface area contributed by atoms with E-state index in [-0.39, 0.29) is 24.3 Å². The summed E-state index contributed by atoms with van der Waals surface area (Å²) >= 11 is 0. The molecule has 0 spiro atoms. The van der Waals surface area contributed by atoms with Crippen LogP contribution in [0.15, 0.2) is 53.6 Å². The quantitative estimate of drug-likeness (QED) is 0.426. The zero-order valence-electron chi connectivity index (χ0n) is 18.6. The van der Waals surface area contributed by atoms with Gasteiger partial charge in [-0.3, -0.25) is 9.59 Å². The van der Waals surface area contributed by atoms with Gasteiger partial charge in [0.05, 0.1) is 12.8 Å². The Morgan fingerprint density at radius 3 is 2.58 bits per heavy atom. The molecule has 0 radical (unpaired) electrons. The van der Waals surface area contributed by atoms with Crippen LogP contribution in [-0.4, -0.2) is 37.3 Å². The van der Waals surface area contributed by atoms with E-state index in [1.807, 2.05) is 70.2 Å².